The predicted octanol–water partition coefficient (Wildman–Crippen LogP) is 5.36. The van der Waals surface area contributed by atoms with E-state index in [9.17, 15) is 0 Å². The normalized spacial score (nSPS) is 11.3. The first-order valence-electron chi connectivity index (χ1n) is 9.32. The first-order chi connectivity index (χ1) is 12.9. The lowest BCUT2D eigenvalue weighted by atomic mass is 10.2. The zero-order valence-electron chi connectivity index (χ0n) is 15.2. The maximum absolute atomic E-state index is 5.93. The molecule has 5 nitrogen and oxygen atoms in total. The van der Waals surface area contributed by atoms with E-state index in [2.05, 4.69) is 27.4 Å². The van der Waals surface area contributed by atoms with Gasteiger partial charge >= 0.3 is 0 Å². The summed E-state index contributed by atoms with van der Waals surface area (Å²) in [5.74, 6) is 1.48. The lowest BCUT2D eigenvalue weighted by Gasteiger charge is -2.08. The minimum Gasteiger partial charge on any atom is -0.493 e. The maximum atomic E-state index is 5.93. The number of nitrogens with one attached hydrogen (secondary N) is 2. The number of hydrogen-bond acceptors (Lipinski definition) is 4. The molecular weight excluding hydrogens is 324 g/mol. The van der Waals surface area contributed by atoms with Gasteiger partial charge in [-0.2, -0.15) is 5.10 Å². The van der Waals surface area contributed by atoms with Gasteiger partial charge in [-0.15, -0.1) is 0 Å². The molecule has 2 N–H and O–H groups in total. The van der Waals surface area contributed by atoms with Crippen molar-refractivity contribution in [1.82, 2.24) is 9.97 Å². The number of para-hydroxylation sites is 3. The zero-order chi connectivity index (χ0) is 18.0. The summed E-state index contributed by atoms with van der Waals surface area (Å²) in [7, 11) is 0. The minimum absolute atomic E-state index is 0.622. The van der Waals surface area contributed by atoms with Crippen molar-refractivity contribution in [3.8, 4) is 5.75 Å². The van der Waals surface area contributed by atoms with Gasteiger partial charge in [0.15, 0.2) is 0 Å². The third-order valence-corrected chi connectivity index (χ3v) is 4.19. The zero-order valence-corrected chi connectivity index (χ0v) is 15.2. The molecule has 1 aromatic heterocycles. The van der Waals surface area contributed by atoms with Crippen molar-refractivity contribution >= 4 is 23.2 Å². The fourth-order valence-corrected chi connectivity index (χ4v) is 2.78. The van der Waals surface area contributed by atoms with E-state index in [-0.39, 0.29) is 0 Å². The topological polar surface area (TPSA) is 62.3 Å². The number of benzene rings is 2. The molecule has 0 unspecified atom stereocenters. The lowest BCUT2D eigenvalue weighted by molar-refractivity contribution is 0.304. The van der Waals surface area contributed by atoms with E-state index in [0.29, 0.717) is 5.95 Å². The van der Waals surface area contributed by atoms with Crippen LogP contribution in [0.3, 0.4) is 0 Å². The van der Waals surface area contributed by atoms with E-state index >= 15 is 0 Å². The average molecular weight is 350 g/mol. The fraction of sp³-hybridized carbons (Fsp3) is 0.333. The molecule has 0 aliphatic heterocycles. The molecule has 3 rings (SSSR count). The highest BCUT2D eigenvalue weighted by atomic mass is 16.5. The summed E-state index contributed by atoms with van der Waals surface area (Å²) in [6.07, 6.45) is 7.92. The number of aromatic amines is 1. The number of ether oxygens (including phenoxy) is 1. The smallest absolute Gasteiger partial charge is 0.222 e. The maximum Gasteiger partial charge on any atom is 0.222 e. The van der Waals surface area contributed by atoms with E-state index in [1.54, 1.807) is 6.21 Å². The average Bonchev–Trinajstić information content (AvgIpc) is 3.08. The second-order valence-electron chi connectivity index (χ2n) is 6.27. The van der Waals surface area contributed by atoms with Crippen molar-refractivity contribution in [3.63, 3.8) is 0 Å². The quantitative estimate of drug-likeness (QED) is 0.294. The number of fused-ring (bicyclic) bond motifs is 1. The Morgan fingerprint density at radius 3 is 2.73 bits per heavy atom. The third kappa shape index (κ3) is 5.09. The molecule has 1 heterocycles. The highest BCUT2D eigenvalue weighted by Gasteiger charge is 2.02. The van der Waals surface area contributed by atoms with Gasteiger partial charge in [0.1, 0.15) is 5.75 Å². The van der Waals surface area contributed by atoms with Crippen LogP contribution in [0.2, 0.25) is 0 Å². The Balaban J connectivity index is 1.54. The predicted molar refractivity (Wildman–Crippen MR) is 108 cm³/mol. The van der Waals surface area contributed by atoms with E-state index in [1.807, 2.05) is 48.5 Å². The summed E-state index contributed by atoms with van der Waals surface area (Å²) in [6, 6.07) is 15.8. The van der Waals surface area contributed by atoms with Gasteiger partial charge in [-0.25, -0.2) is 10.4 Å². The van der Waals surface area contributed by atoms with Gasteiger partial charge in [0.2, 0.25) is 5.95 Å². The van der Waals surface area contributed by atoms with Crippen LogP contribution >= 0.6 is 0 Å². The van der Waals surface area contributed by atoms with Crippen LogP contribution in [0.1, 0.15) is 44.6 Å². The molecule has 0 spiro atoms. The number of aromatic nitrogens is 2. The van der Waals surface area contributed by atoms with E-state index in [1.165, 1.54) is 25.7 Å². The lowest BCUT2D eigenvalue weighted by Crippen LogP contribution is -2.00. The van der Waals surface area contributed by atoms with Gasteiger partial charge < -0.3 is 9.72 Å². The molecule has 0 bridgehead atoms. The van der Waals surface area contributed by atoms with Gasteiger partial charge in [0, 0.05) is 5.56 Å². The van der Waals surface area contributed by atoms with Gasteiger partial charge in [0.05, 0.1) is 23.9 Å². The fourth-order valence-electron chi connectivity index (χ4n) is 2.78. The second-order valence-corrected chi connectivity index (χ2v) is 6.27. The first-order valence-corrected chi connectivity index (χ1v) is 9.32. The van der Waals surface area contributed by atoms with Crippen molar-refractivity contribution < 1.29 is 4.74 Å². The van der Waals surface area contributed by atoms with Crippen LogP contribution in [-0.4, -0.2) is 22.8 Å². The van der Waals surface area contributed by atoms with Gasteiger partial charge in [-0.05, 0) is 30.7 Å². The summed E-state index contributed by atoms with van der Waals surface area (Å²) in [5.41, 5.74) is 5.79. The van der Waals surface area contributed by atoms with Crippen LogP contribution in [0.25, 0.3) is 11.0 Å². The number of H-pyrrole nitrogens is 1. The van der Waals surface area contributed by atoms with E-state index in [0.717, 1.165) is 35.4 Å². The Bertz CT molecular complexity index is 808. The van der Waals surface area contributed by atoms with Gasteiger partial charge in [-0.1, -0.05) is 56.9 Å². The van der Waals surface area contributed by atoms with Crippen LogP contribution in [0.4, 0.5) is 5.95 Å². The van der Waals surface area contributed by atoms with Crippen LogP contribution in [-0.2, 0) is 0 Å². The standard InChI is InChI=1S/C21H26N4O/c1-2-3-4-5-10-15-26-20-14-9-6-11-17(20)16-22-25-21-23-18-12-7-8-13-19(18)24-21/h6-9,11-14,16H,2-5,10,15H2,1H3,(H2,23,24,25)/b22-16-. The monoisotopic (exact) mass is 350 g/mol. The molecule has 5 heteroatoms. The third-order valence-electron chi connectivity index (χ3n) is 4.19. The Labute approximate surface area is 154 Å². The molecular formula is C21H26N4O. The molecule has 0 saturated heterocycles. The second kappa shape index (κ2) is 9.61. The molecule has 136 valence electrons. The molecule has 0 aliphatic carbocycles. The molecule has 0 amide bonds. The number of rotatable bonds is 10. The molecule has 3 aromatic rings. The first kappa shape index (κ1) is 18.0. The molecule has 0 fully saturated rings. The van der Waals surface area contributed by atoms with Crippen LogP contribution in [0.5, 0.6) is 5.75 Å². The molecule has 26 heavy (non-hydrogen) atoms. The minimum atomic E-state index is 0.622. The molecule has 0 atom stereocenters. The number of imidazole rings is 1. The Morgan fingerprint density at radius 2 is 1.85 bits per heavy atom. The van der Waals surface area contributed by atoms with Gasteiger partial charge in [0.25, 0.3) is 0 Å². The Morgan fingerprint density at radius 1 is 1.04 bits per heavy atom. The van der Waals surface area contributed by atoms with Gasteiger partial charge in [-0.3, -0.25) is 0 Å². The summed E-state index contributed by atoms with van der Waals surface area (Å²) >= 11 is 0. The number of nitrogens with zero attached hydrogens (tertiary/aromatic N) is 2. The van der Waals surface area contributed by atoms with Crippen molar-refractivity contribution in [3.05, 3.63) is 54.1 Å². The number of hydrazone groups is 1. The van der Waals surface area contributed by atoms with E-state index in [4.69, 9.17) is 4.74 Å². The van der Waals surface area contributed by atoms with Crippen molar-refractivity contribution in [2.45, 2.75) is 39.0 Å². The number of anilines is 1. The Kier molecular flexibility index (Phi) is 6.65. The highest BCUT2D eigenvalue weighted by molar-refractivity contribution is 5.84. The van der Waals surface area contributed by atoms with Crippen LogP contribution < -0.4 is 10.2 Å². The van der Waals surface area contributed by atoms with E-state index < -0.39 is 0 Å². The summed E-state index contributed by atoms with van der Waals surface area (Å²) in [6.45, 7) is 2.97. The largest absolute Gasteiger partial charge is 0.493 e. The van der Waals surface area contributed by atoms with Crippen molar-refractivity contribution in [1.29, 1.82) is 0 Å². The molecule has 2 aromatic carbocycles. The number of unbranched alkanes of at least 4 members (excludes halogenated alkanes) is 4. The summed E-state index contributed by atoms with van der Waals surface area (Å²) < 4.78 is 5.93. The highest BCUT2D eigenvalue weighted by Crippen LogP contribution is 2.17. The van der Waals surface area contributed by atoms with Crippen LogP contribution in [0.15, 0.2) is 53.6 Å². The summed E-state index contributed by atoms with van der Waals surface area (Å²) in [5, 5.41) is 4.29. The van der Waals surface area contributed by atoms with Crippen molar-refractivity contribution in [2.75, 3.05) is 12.0 Å². The molecule has 0 aliphatic rings. The Hall–Kier alpha value is -2.82. The molecule has 0 saturated carbocycles. The molecule has 0 radical (unpaired) electrons. The summed E-state index contributed by atoms with van der Waals surface area (Å²) in [4.78, 5) is 7.63. The van der Waals surface area contributed by atoms with Crippen molar-refractivity contribution in [2.24, 2.45) is 5.10 Å². The number of hydrogen-bond donors (Lipinski definition) is 2. The van der Waals surface area contributed by atoms with Crippen LogP contribution in [0, 0.1) is 0 Å². The SMILES string of the molecule is CCCCCCCOc1ccccc1/C=N\Nc1nc2ccccc2[nH]1.